The summed E-state index contributed by atoms with van der Waals surface area (Å²) in [5.41, 5.74) is 0. The molecular weight excluding hydrogens is 300 g/mol. The first kappa shape index (κ1) is 13.4. The minimum atomic E-state index is 0.0364. The first-order chi connectivity index (χ1) is 8.34. The van der Waals surface area contributed by atoms with Crippen molar-refractivity contribution in [3.8, 4) is 0 Å². The van der Waals surface area contributed by atoms with Crippen LogP contribution in [0.5, 0.6) is 0 Å². The quantitative estimate of drug-likeness (QED) is 0.602. The van der Waals surface area contributed by atoms with Crippen LogP contribution >= 0.6 is 27.7 Å². The van der Waals surface area contributed by atoms with Gasteiger partial charge in [-0.25, -0.2) is 0 Å². The Morgan fingerprint density at radius 2 is 2.12 bits per heavy atom. The van der Waals surface area contributed by atoms with Crippen molar-refractivity contribution < 1.29 is 9.47 Å². The van der Waals surface area contributed by atoms with Gasteiger partial charge in [0.1, 0.15) is 0 Å². The van der Waals surface area contributed by atoms with Crippen LogP contribution in [0.3, 0.4) is 0 Å². The van der Waals surface area contributed by atoms with Gasteiger partial charge in [0.25, 0.3) is 0 Å². The van der Waals surface area contributed by atoms with E-state index < -0.39 is 0 Å². The molecule has 2 rings (SSSR count). The van der Waals surface area contributed by atoms with Crippen LogP contribution in [-0.4, -0.2) is 25.3 Å². The van der Waals surface area contributed by atoms with Gasteiger partial charge in [-0.05, 0) is 43.5 Å². The van der Waals surface area contributed by atoms with Gasteiger partial charge >= 0.3 is 0 Å². The summed E-state index contributed by atoms with van der Waals surface area (Å²) >= 11 is 5.25. The Morgan fingerprint density at radius 1 is 1.29 bits per heavy atom. The third-order valence-corrected chi connectivity index (χ3v) is 4.11. The normalized spacial score (nSPS) is 20.4. The molecule has 0 aromatic heterocycles. The zero-order valence-corrected chi connectivity index (χ0v) is 12.1. The molecule has 1 aliphatic rings. The lowest BCUT2D eigenvalue weighted by atomic mass is 10.2. The summed E-state index contributed by atoms with van der Waals surface area (Å²) < 4.78 is 12.3. The summed E-state index contributed by atoms with van der Waals surface area (Å²) in [6.07, 6.45) is 3.48. The summed E-state index contributed by atoms with van der Waals surface area (Å²) in [6, 6.07) is 8.36. The number of ether oxygens (including phenoxy) is 2. The second-order valence-electron chi connectivity index (χ2n) is 3.97. The van der Waals surface area contributed by atoms with Gasteiger partial charge in [-0.15, -0.1) is 11.8 Å². The Labute approximate surface area is 115 Å². The lowest BCUT2D eigenvalue weighted by molar-refractivity contribution is -0.158. The molecule has 1 aliphatic heterocycles. The van der Waals surface area contributed by atoms with E-state index in [0.717, 1.165) is 29.9 Å². The maximum Gasteiger partial charge on any atom is 0.157 e. The van der Waals surface area contributed by atoms with Crippen LogP contribution in [-0.2, 0) is 9.47 Å². The van der Waals surface area contributed by atoms with E-state index in [1.54, 1.807) is 0 Å². The second kappa shape index (κ2) is 7.41. The predicted molar refractivity (Wildman–Crippen MR) is 74.4 cm³/mol. The van der Waals surface area contributed by atoms with Gasteiger partial charge in [-0.3, -0.25) is 0 Å². The molecule has 4 heteroatoms. The molecule has 0 spiro atoms. The molecular formula is C13H17BrO2S. The van der Waals surface area contributed by atoms with E-state index in [9.17, 15) is 0 Å². The number of rotatable bonds is 5. The van der Waals surface area contributed by atoms with Crippen LogP contribution in [0, 0.1) is 0 Å². The van der Waals surface area contributed by atoms with E-state index in [1.165, 1.54) is 17.7 Å². The molecule has 94 valence electrons. The molecule has 1 saturated heterocycles. The van der Waals surface area contributed by atoms with E-state index in [4.69, 9.17) is 9.47 Å². The molecule has 1 heterocycles. The van der Waals surface area contributed by atoms with Crippen LogP contribution in [0.2, 0.25) is 0 Å². The molecule has 0 aliphatic carbocycles. The highest BCUT2D eigenvalue weighted by molar-refractivity contribution is 9.10. The standard InChI is InChI=1S/C13H17BrO2S/c14-11-4-6-12(7-5-11)17-10-9-16-13-3-1-2-8-15-13/h4-7,13H,1-3,8-10H2. The van der Waals surface area contributed by atoms with Crippen molar-refractivity contribution in [2.75, 3.05) is 19.0 Å². The van der Waals surface area contributed by atoms with Gasteiger partial charge in [0.2, 0.25) is 0 Å². The molecule has 0 N–H and O–H groups in total. The molecule has 2 nitrogen and oxygen atoms in total. The van der Waals surface area contributed by atoms with Crippen LogP contribution < -0.4 is 0 Å². The van der Waals surface area contributed by atoms with Gasteiger partial charge in [0.05, 0.1) is 6.61 Å². The van der Waals surface area contributed by atoms with E-state index in [1.807, 2.05) is 11.8 Å². The third-order valence-electron chi connectivity index (χ3n) is 2.61. The van der Waals surface area contributed by atoms with Crippen LogP contribution in [0.15, 0.2) is 33.6 Å². The highest BCUT2D eigenvalue weighted by atomic mass is 79.9. The van der Waals surface area contributed by atoms with E-state index in [0.29, 0.717) is 0 Å². The summed E-state index contributed by atoms with van der Waals surface area (Å²) in [5, 5.41) is 0. The van der Waals surface area contributed by atoms with E-state index in [-0.39, 0.29) is 6.29 Å². The molecule has 17 heavy (non-hydrogen) atoms. The maximum atomic E-state index is 5.68. The minimum absolute atomic E-state index is 0.0364. The average Bonchev–Trinajstić information content (AvgIpc) is 2.38. The zero-order chi connectivity index (χ0) is 11.9. The molecule has 1 unspecified atom stereocenters. The van der Waals surface area contributed by atoms with Crippen LogP contribution in [0.4, 0.5) is 0 Å². The summed E-state index contributed by atoms with van der Waals surface area (Å²) in [5.74, 6) is 0.974. The highest BCUT2D eigenvalue weighted by Gasteiger charge is 2.13. The van der Waals surface area contributed by atoms with Crippen molar-refractivity contribution >= 4 is 27.7 Å². The molecule has 0 saturated carbocycles. The van der Waals surface area contributed by atoms with Gasteiger partial charge < -0.3 is 9.47 Å². The lowest BCUT2D eigenvalue weighted by Crippen LogP contribution is -2.23. The lowest BCUT2D eigenvalue weighted by Gasteiger charge is -2.22. The highest BCUT2D eigenvalue weighted by Crippen LogP contribution is 2.21. The zero-order valence-electron chi connectivity index (χ0n) is 9.73. The van der Waals surface area contributed by atoms with Crippen LogP contribution in [0.1, 0.15) is 19.3 Å². The molecule has 1 aromatic carbocycles. The van der Waals surface area contributed by atoms with Crippen LogP contribution in [0.25, 0.3) is 0 Å². The molecule has 0 amide bonds. The number of hydrogen-bond acceptors (Lipinski definition) is 3. The Kier molecular flexibility index (Phi) is 5.85. The fourth-order valence-corrected chi connectivity index (χ4v) is 2.72. The Bertz CT molecular complexity index is 323. The van der Waals surface area contributed by atoms with Crippen molar-refractivity contribution in [3.63, 3.8) is 0 Å². The fraction of sp³-hybridized carbons (Fsp3) is 0.538. The smallest absolute Gasteiger partial charge is 0.157 e. The minimum Gasteiger partial charge on any atom is -0.353 e. The SMILES string of the molecule is Brc1ccc(SCCOC2CCCCO2)cc1. The molecule has 1 aromatic rings. The van der Waals surface area contributed by atoms with Crippen molar-refractivity contribution in [2.45, 2.75) is 30.4 Å². The van der Waals surface area contributed by atoms with Crippen molar-refractivity contribution in [1.29, 1.82) is 0 Å². The second-order valence-corrected chi connectivity index (χ2v) is 6.05. The number of halogens is 1. The average molecular weight is 317 g/mol. The number of hydrogen-bond donors (Lipinski definition) is 0. The van der Waals surface area contributed by atoms with Gasteiger partial charge in [0, 0.05) is 21.7 Å². The Hall–Kier alpha value is -0.0300. The van der Waals surface area contributed by atoms with Gasteiger partial charge in [-0.1, -0.05) is 15.9 Å². The number of benzene rings is 1. The van der Waals surface area contributed by atoms with Gasteiger partial charge in [0.15, 0.2) is 6.29 Å². The largest absolute Gasteiger partial charge is 0.353 e. The van der Waals surface area contributed by atoms with E-state index >= 15 is 0 Å². The summed E-state index contributed by atoms with van der Waals surface area (Å²) in [6.45, 7) is 1.61. The molecule has 1 fully saturated rings. The summed E-state index contributed by atoms with van der Waals surface area (Å²) in [4.78, 5) is 1.28. The monoisotopic (exact) mass is 316 g/mol. The van der Waals surface area contributed by atoms with Crippen molar-refractivity contribution in [2.24, 2.45) is 0 Å². The van der Waals surface area contributed by atoms with Gasteiger partial charge in [-0.2, -0.15) is 0 Å². The Balaban J connectivity index is 1.60. The third kappa shape index (κ3) is 5.00. The van der Waals surface area contributed by atoms with Crippen molar-refractivity contribution in [1.82, 2.24) is 0 Å². The topological polar surface area (TPSA) is 18.5 Å². The first-order valence-electron chi connectivity index (χ1n) is 5.96. The molecule has 0 bridgehead atoms. The fourth-order valence-electron chi connectivity index (χ4n) is 1.71. The summed E-state index contributed by atoms with van der Waals surface area (Å²) in [7, 11) is 0. The molecule has 0 radical (unpaired) electrons. The first-order valence-corrected chi connectivity index (χ1v) is 7.74. The number of thioether (sulfide) groups is 1. The maximum absolute atomic E-state index is 5.68. The molecule has 1 atom stereocenters. The van der Waals surface area contributed by atoms with Crippen molar-refractivity contribution in [3.05, 3.63) is 28.7 Å². The Morgan fingerprint density at radius 3 is 2.82 bits per heavy atom. The van der Waals surface area contributed by atoms with E-state index in [2.05, 4.69) is 40.2 Å². The predicted octanol–water partition coefficient (Wildman–Crippen LogP) is 4.08.